The number of alkyl halides is 3. The third kappa shape index (κ3) is 4.99. The first-order valence-electron chi connectivity index (χ1n) is 7.11. The maximum Gasteiger partial charge on any atom is 0.416 e. The van der Waals surface area contributed by atoms with E-state index in [1.807, 2.05) is 24.4 Å². The largest absolute Gasteiger partial charge is 0.416 e. The molecule has 23 heavy (non-hydrogen) atoms. The standard InChI is InChI=1S/C16H17F3N2OS/c1-2-21(11-14-4-3-9-23-14)15(22)20-10-12-5-7-13(8-6-12)16(17,18)19/h3-9H,2,10-11H2,1H3,(H,20,22). The van der Waals surface area contributed by atoms with Gasteiger partial charge in [0.1, 0.15) is 0 Å². The van der Waals surface area contributed by atoms with Gasteiger partial charge in [0, 0.05) is 18.0 Å². The van der Waals surface area contributed by atoms with Crippen molar-refractivity contribution in [1.29, 1.82) is 0 Å². The highest BCUT2D eigenvalue weighted by Crippen LogP contribution is 2.29. The summed E-state index contributed by atoms with van der Waals surface area (Å²) < 4.78 is 37.5. The molecule has 0 aliphatic carbocycles. The zero-order valence-electron chi connectivity index (χ0n) is 12.6. The highest BCUT2D eigenvalue weighted by molar-refractivity contribution is 7.09. The lowest BCUT2D eigenvalue weighted by atomic mass is 10.1. The lowest BCUT2D eigenvalue weighted by Gasteiger charge is -2.20. The van der Waals surface area contributed by atoms with E-state index in [1.165, 1.54) is 12.1 Å². The molecule has 1 aromatic carbocycles. The number of thiophene rings is 1. The summed E-state index contributed by atoms with van der Waals surface area (Å²) in [7, 11) is 0. The van der Waals surface area contributed by atoms with Crippen LogP contribution in [0.25, 0.3) is 0 Å². The molecule has 2 rings (SSSR count). The fraction of sp³-hybridized carbons (Fsp3) is 0.312. The predicted octanol–water partition coefficient (Wildman–Crippen LogP) is 4.50. The van der Waals surface area contributed by atoms with E-state index < -0.39 is 11.7 Å². The number of hydrogen-bond donors (Lipinski definition) is 1. The molecule has 0 atom stereocenters. The third-order valence-corrected chi connectivity index (χ3v) is 4.18. The first-order chi connectivity index (χ1) is 10.9. The number of carbonyl (C=O) groups is 1. The van der Waals surface area contributed by atoms with E-state index in [4.69, 9.17) is 0 Å². The van der Waals surface area contributed by atoms with Gasteiger partial charge in [-0.2, -0.15) is 13.2 Å². The van der Waals surface area contributed by atoms with Gasteiger partial charge in [0.2, 0.25) is 0 Å². The van der Waals surface area contributed by atoms with Crippen molar-refractivity contribution in [3.63, 3.8) is 0 Å². The van der Waals surface area contributed by atoms with Gasteiger partial charge >= 0.3 is 12.2 Å². The average Bonchev–Trinajstić information content (AvgIpc) is 3.03. The summed E-state index contributed by atoms with van der Waals surface area (Å²) in [5, 5.41) is 4.68. The fourth-order valence-electron chi connectivity index (χ4n) is 2.02. The Kier molecular flexibility index (Phi) is 5.65. The van der Waals surface area contributed by atoms with Crippen LogP contribution in [0.1, 0.15) is 22.9 Å². The molecule has 0 radical (unpaired) electrons. The summed E-state index contributed by atoms with van der Waals surface area (Å²) in [6, 6.07) is 8.43. The third-order valence-electron chi connectivity index (χ3n) is 3.32. The Hall–Kier alpha value is -2.02. The Balaban J connectivity index is 1.90. The lowest BCUT2D eigenvalue weighted by Crippen LogP contribution is -2.38. The van der Waals surface area contributed by atoms with E-state index in [0.29, 0.717) is 18.7 Å². The van der Waals surface area contributed by atoms with Crippen molar-refractivity contribution >= 4 is 17.4 Å². The minimum Gasteiger partial charge on any atom is -0.334 e. The molecule has 0 unspecified atom stereocenters. The first kappa shape index (κ1) is 17.3. The van der Waals surface area contributed by atoms with Crippen LogP contribution in [0, 0.1) is 0 Å². The SMILES string of the molecule is CCN(Cc1cccs1)C(=O)NCc1ccc(C(F)(F)F)cc1. The molecular weight excluding hydrogens is 325 g/mol. The summed E-state index contributed by atoms with van der Waals surface area (Å²) in [4.78, 5) is 14.9. The number of carbonyl (C=O) groups excluding carboxylic acids is 1. The zero-order valence-corrected chi connectivity index (χ0v) is 13.4. The van der Waals surface area contributed by atoms with Crippen LogP contribution >= 0.6 is 11.3 Å². The molecule has 1 N–H and O–H groups in total. The van der Waals surface area contributed by atoms with E-state index in [9.17, 15) is 18.0 Å². The molecule has 2 amide bonds. The molecule has 0 spiro atoms. The van der Waals surface area contributed by atoms with Crippen LogP contribution in [-0.2, 0) is 19.3 Å². The monoisotopic (exact) mass is 342 g/mol. The van der Waals surface area contributed by atoms with Gasteiger partial charge < -0.3 is 10.2 Å². The van der Waals surface area contributed by atoms with Crippen LogP contribution in [0.3, 0.4) is 0 Å². The summed E-state index contributed by atoms with van der Waals surface area (Å²) >= 11 is 1.57. The number of halogens is 3. The molecule has 1 aromatic heterocycles. The van der Waals surface area contributed by atoms with E-state index in [1.54, 1.807) is 16.2 Å². The van der Waals surface area contributed by atoms with Crippen molar-refractivity contribution in [2.24, 2.45) is 0 Å². The molecular formula is C16H17F3N2OS. The van der Waals surface area contributed by atoms with Crippen LogP contribution in [-0.4, -0.2) is 17.5 Å². The molecule has 0 saturated carbocycles. The summed E-state index contributed by atoms with van der Waals surface area (Å²) in [5.41, 5.74) is -0.0704. The Morgan fingerprint density at radius 3 is 2.43 bits per heavy atom. The summed E-state index contributed by atoms with van der Waals surface area (Å²) in [5.74, 6) is 0. The van der Waals surface area contributed by atoms with E-state index in [2.05, 4.69) is 5.32 Å². The Bertz CT molecular complexity index is 624. The van der Waals surface area contributed by atoms with Gasteiger partial charge in [-0.1, -0.05) is 18.2 Å². The van der Waals surface area contributed by atoms with Crippen molar-refractivity contribution in [3.05, 3.63) is 57.8 Å². The number of hydrogen-bond acceptors (Lipinski definition) is 2. The normalized spacial score (nSPS) is 11.3. The van der Waals surface area contributed by atoms with Crippen LogP contribution < -0.4 is 5.32 Å². The number of amides is 2. The van der Waals surface area contributed by atoms with E-state index in [-0.39, 0.29) is 12.6 Å². The van der Waals surface area contributed by atoms with Gasteiger partial charge in [-0.3, -0.25) is 0 Å². The van der Waals surface area contributed by atoms with Gasteiger partial charge in [0.15, 0.2) is 0 Å². The van der Waals surface area contributed by atoms with Gasteiger partial charge in [0.05, 0.1) is 12.1 Å². The van der Waals surface area contributed by atoms with Crippen molar-refractivity contribution in [3.8, 4) is 0 Å². The molecule has 0 aliphatic heterocycles. The number of urea groups is 1. The van der Waals surface area contributed by atoms with Gasteiger partial charge in [-0.25, -0.2) is 4.79 Å². The van der Waals surface area contributed by atoms with Crippen LogP contribution in [0.2, 0.25) is 0 Å². The molecule has 3 nitrogen and oxygen atoms in total. The molecule has 7 heteroatoms. The molecule has 2 aromatic rings. The highest BCUT2D eigenvalue weighted by atomic mass is 32.1. The van der Waals surface area contributed by atoms with Crippen molar-refractivity contribution in [1.82, 2.24) is 10.2 Å². The Morgan fingerprint density at radius 1 is 1.22 bits per heavy atom. The summed E-state index contributed by atoms with van der Waals surface area (Å²) in [6.45, 7) is 3.15. The van der Waals surface area contributed by atoms with Crippen LogP contribution in [0.5, 0.6) is 0 Å². The van der Waals surface area contributed by atoms with Crippen molar-refractivity contribution in [2.75, 3.05) is 6.54 Å². The predicted molar refractivity (Wildman–Crippen MR) is 84.1 cm³/mol. The number of benzene rings is 1. The average molecular weight is 342 g/mol. The molecule has 0 fully saturated rings. The molecule has 1 heterocycles. The van der Waals surface area contributed by atoms with Crippen molar-refractivity contribution in [2.45, 2.75) is 26.2 Å². The fourth-order valence-corrected chi connectivity index (χ4v) is 2.74. The minimum atomic E-state index is -4.35. The second kappa shape index (κ2) is 7.50. The quantitative estimate of drug-likeness (QED) is 0.852. The number of nitrogens with one attached hydrogen (secondary N) is 1. The van der Waals surface area contributed by atoms with Crippen LogP contribution in [0.15, 0.2) is 41.8 Å². The zero-order chi connectivity index (χ0) is 16.9. The summed E-state index contributed by atoms with van der Waals surface area (Å²) in [6.07, 6.45) is -4.35. The van der Waals surface area contributed by atoms with Gasteiger partial charge in [-0.15, -0.1) is 11.3 Å². The number of nitrogens with zero attached hydrogens (tertiary/aromatic N) is 1. The van der Waals surface area contributed by atoms with Crippen LogP contribution in [0.4, 0.5) is 18.0 Å². The maximum absolute atomic E-state index is 12.5. The molecule has 0 saturated heterocycles. The topological polar surface area (TPSA) is 32.3 Å². The maximum atomic E-state index is 12.5. The second-order valence-corrected chi connectivity index (χ2v) is 5.98. The van der Waals surface area contributed by atoms with E-state index >= 15 is 0 Å². The second-order valence-electron chi connectivity index (χ2n) is 4.95. The van der Waals surface area contributed by atoms with Crippen molar-refractivity contribution < 1.29 is 18.0 Å². The lowest BCUT2D eigenvalue weighted by molar-refractivity contribution is -0.137. The van der Waals surface area contributed by atoms with Gasteiger partial charge in [-0.05, 0) is 36.1 Å². The smallest absolute Gasteiger partial charge is 0.334 e. The molecule has 0 bridgehead atoms. The van der Waals surface area contributed by atoms with E-state index in [0.717, 1.165) is 17.0 Å². The molecule has 124 valence electrons. The first-order valence-corrected chi connectivity index (χ1v) is 7.99. The Morgan fingerprint density at radius 2 is 1.91 bits per heavy atom. The number of rotatable bonds is 5. The minimum absolute atomic E-state index is 0.192. The molecule has 0 aliphatic rings. The highest BCUT2D eigenvalue weighted by Gasteiger charge is 2.29. The van der Waals surface area contributed by atoms with Gasteiger partial charge in [0.25, 0.3) is 0 Å². The Labute approximate surface area is 136 Å².